The van der Waals surface area contributed by atoms with Crippen molar-refractivity contribution in [1.82, 2.24) is 9.80 Å². The Labute approximate surface area is 201 Å². The minimum atomic E-state index is -0.985. The van der Waals surface area contributed by atoms with Crippen molar-refractivity contribution in [2.24, 2.45) is 0 Å². The molecule has 0 aliphatic carbocycles. The Morgan fingerprint density at radius 3 is 1.47 bits per heavy atom. The topological polar surface area (TPSA) is 72.5 Å². The van der Waals surface area contributed by atoms with Crippen molar-refractivity contribution < 1.29 is 9.47 Å². The smallest absolute Gasteiger partial charge is 0.143 e. The van der Waals surface area contributed by atoms with E-state index in [1.807, 2.05) is 36.4 Å². The fourth-order valence-electron chi connectivity index (χ4n) is 7.04. The lowest BCUT2D eigenvalue weighted by atomic mass is 9.65. The molecule has 34 heavy (non-hydrogen) atoms. The van der Waals surface area contributed by atoms with Gasteiger partial charge in [-0.25, -0.2) is 9.80 Å². The van der Waals surface area contributed by atoms with Gasteiger partial charge in [0, 0.05) is 0 Å². The van der Waals surface area contributed by atoms with Crippen LogP contribution in [0.5, 0.6) is 0 Å². The van der Waals surface area contributed by atoms with E-state index in [0.717, 1.165) is 36.8 Å². The quantitative estimate of drug-likeness (QED) is 0.671. The predicted molar refractivity (Wildman–Crippen MR) is 126 cm³/mol. The van der Waals surface area contributed by atoms with Gasteiger partial charge >= 0.3 is 0 Å². The van der Waals surface area contributed by atoms with E-state index in [0.29, 0.717) is 26.1 Å². The van der Waals surface area contributed by atoms with Gasteiger partial charge in [0.15, 0.2) is 0 Å². The molecule has 0 aromatic heterocycles. The summed E-state index contributed by atoms with van der Waals surface area (Å²) in [6.45, 7) is 1.09. The van der Waals surface area contributed by atoms with Crippen molar-refractivity contribution in [2.75, 3.05) is 13.2 Å². The molecule has 0 bridgehead atoms. The second kappa shape index (κ2) is 8.48. The van der Waals surface area contributed by atoms with E-state index in [1.165, 1.54) is 0 Å². The number of nitrogens with zero attached hydrogens (tertiary/aromatic N) is 4. The predicted octanol–water partition coefficient (Wildman–Crippen LogP) is 4.68. The van der Waals surface area contributed by atoms with Crippen molar-refractivity contribution >= 4 is 0 Å². The minimum Gasteiger partial charge on any atom is -0.361 e. The van der Waals surface area contributed by atoms with Gasteiger partial charge in [0.2, 0.25) is 0 Å². The van der Waals surface area contributed by atoms with Crippen LogP contribution in [0.1, 0.15) is 61.7 Å². The van der Waals surface area contributed by atoms with Crippen molar-refractivity contribution in [3.63, 3.8) is 0 Å². The van der Waals surface area contributed by atoms with Gasteiger partial charge in [0.1, 0.15) is 23.5 Å². The Hall–Kier alpha value is -2.74. The zero-order valence-electron chi connectivity index (χ0n) is 19.3. The van der Waals surface area contributed by atoms with Crippen molar-refractivity contribution in [3.05, 3.63) is 71.8 Å². The van der Waals surface area contributed by atoms with Crippen LogP contribution in [-0.4, -0.2) is 46.5 Å². The second-order valence-corrected chi connectivity index (χ2v) is 9.97. The zero-order valence-corrected chi connectivity index (χ0v) is 19.3. The first-order valence-corrected chi connectivity index (χ1v) is 12.5. The molecule has 2 aromatic rings. The van der Waals surface area contributed by atoms with Gasteiger partial charge in [-0.2, -0.15) is 10.5 Å². The zero-order chi connectivity index (χ0) is 23.2. The Morgan fingerprint density at radius 1 is 0.676 bits per heavy atom. The van der Waals surface area contributed by atoms with E-state index in [2.05, 4.69) is 46.2 Å². The standard InChI is InChI=1S/C28H30N4O2/c29-19-27(15-7-13-25-31(27)23(17-33-25)21-9-3-1-4-10-21)28(20-30)16-8-14-26-32(28)24(18-34-26)22-11-5-2-6-12-22/h1-6,9-12,23-26H,7-8,13-18H2. The van der Waals surface area contributed by atoms with Crippen LogP contribution in [0.4, 0.5) is 0 Å². The highest BCUT2D eigenvalue weighted by Gasteiger charge is 2.68. The molecule has 6 heteroatoms. The Balaban J connectivity index is 1.50. The van der Waals surface area contributed by atoms with Gasteiger partial charge in [-0.3, -0.25) is 0 Å². The van der Waals surface area contributed by atoms with E-state index in [4.69, 9.17) is 9.47 Å². The summed E-state index contributed by atoms with van der Waals surface area (Å²) in [5.74, 6) is 0. The number of hydrogen-bond donors (Lipinski definition) is 0. The minimum absolute atomic E-state index is 0.0459. The lowest BCUT2D eigenvalue weighted by Gasteiger charge is -2.58. The van der Waals surface area contributed by atoms with Crippen LogP contribution >= 0.6 is 0 Å². The Kier molecular flexibility index (Phi) is 5.43. The Morgan fingerprint density at radius 2 is 1.09 bits per heavy atom. The fourth-order valence-corrected chi connectivity index (χ4v) is 7.04. The molecular weight excluding hydrogens is 424 g/mol. The van der Waals surface area contributed by atoms with Crippen molar-refractivity contribution in [2.45, 2.75) is 74.1 Å². The van der Waals surface area contributed by atoms with E-state index in [9.17, 15) is 10.5 Å². The number of piperidine rings is 2. The second-order valence-electron chi connectivity index (χ2n) is 9.97. The lowest BCUT2D eigenvalue weighted by molar-refractivity contribution is -0.146. The molecule has 6 rings (SSSR count). The number of fused-ring (bicyclic) bond motifs is 2. The molecule has 4 fully saturated rings. The summed E-state index contributed by atoms with van der Waals surface area (Å²) in [6.07, 6.45) is 4.53. The molecule has 2 aromatic carbocycles. The number of benzene rings is 2. The molecule has 6 unspecified atom stereocenters. The molecule has 6 nitrogen and oxygen atoms in total. The van der Waals surface area contributed by atoms with Gasteiger partial charge in [-0.05, 0) is 49.7 Å². The Bertz CT molecular complexity index is 1020. The van der Waals surface area contributed by atoms with Gasteiger partial charge in [-0.15, -0.1) is 0 Å². The van der Waals surface area contributed by atoms with Gasteiger partial charge in [-0.1, -0.05) is 60.7 Å². The number of hydrogen-bond acceptors (Lipinski definition) is 6. The maximum Gasteiger partial charge on any atom is 0.143 e. The number of nitriles is 2. The SMILES string of the molecule is N#CC1(C2(C#N)CCCC3OCC(c4ccccc4)N32)CCCC2OCC(c3ccccc3)N21. The molecule has 0 amide bonds. The highest BCUT2D eigenvalue weighted by molar-refractivity contribution is 5.38. The molecule has 0 spiro atoms. The average Bonchev–Trinajstić information content (AvgIpc) is 3.55. The largest absolute Gasteiger partial charge is 0.361 e. The molecular formula is C28H30N4O2. The first-order chi connectivity index (χ1) is 16.7. The van der Waals surface area contributed by atoms with Gasteiger partial charge in [0.05, 0.1) is 37.4 Å². The van der Waals surface area contributed by atoms with Crippen LogP contribution in [0, 0.1) is 22.7 Å². The lowest BCUT2D eigenvalue weighted by Crippen LogP contribution is -2.74. The number of rotatable bonds is 3. The number of ether oxygens (including phenoxy) is 2. The van der Waals surface area contributed by atoms with Gasteiger partial charge < -0.3 is 9.47 Å². The molecule has 0 N–H and O–H groups in total. The maximum absolute atomic E-state index is 11.0. The molecule has 6 atom stereocenters. The van der Waals surface area contributed by atoms with Crippen LogP contribution in [-0.2, 0) is 9.47 Å². The summed E-state index contributed by atoms with van der Waals surface area (Å²) in [5, 5.41) is 22.0. The first kappa shape index (κ1) is 21.8. The molecule has 174 valence electrons. The molecule has 4 heterocycles. The molecule has 4 saturated heterocycles. The summed E-state index contributed by atoms with van der Waals surface area (Å²) in [6, 6.07) is 26.1. The summed E-state index contributed by atoms with van der Waals surface area (Å²) >= 11 is 0. The van der Waals surface area contributed by atoms with Crippen molar-refractivity contribution in [3.8, 4) is 12.1 Å². The van der Waals surface area contributed by atoms with Crippen molar-refractivity contribution in [1.29, 1.82) is 10.5 Å². The van der Waals surface area contributed by atoms with E-state index < -0.39 is 11.1 Å². The molecule has 4 aliphatic rings. The van der Waals surface area contributed by atoms with E-state index in [1.54, 1.807) is 0 Å². The molecule has 0 saturated carbocycles. The van der Waals surface area contributed by atoms with Crippen LogP contribution < -0.4 is 0 Å². The van der Waals surface area contributed by atoms with Gasteiger partial charge in [0.25, 0.3) is 0 Å². The summed E-state index contributed by atoms with van der Waals surface area (Å²) in [5.41, 5.74) is 0.316. The van der Waals surface area contributed by atoms with Crippen LogP contribution in [0.2, 0.25) is 0 Å². The van der Waals surface area contributed by atoms with Crippen LogP contribution in [0.3, 0.4) is 0 Å². The third kappa shape index (κ3) is 3.00. The maximum atomic E-state index is 11.0. The van der Waals surface area contributed by atoms with E-state index >= 15 is 0 Å². The average molecular weight is 455 g/mol. The summed E-state index contributed by atoms with van der Waals surface area (Å²) in [4.78, 5) is 4.55. The highest BCUT2D eigenvalue weighted by Crippen LogP contribution is 2.56. The van der Waals surface area contributed by atoms with Crippen LogP contribution in [0.15, 0.2) is 60.7 Å². The van der Waals surface area contributed by atoms with Crippen LogP contribution in [0.25, 0.3) is 0 Å². The monoisotopic (exact) mass is 454 g/mol. The highest BCUT2D eigenvalue weighted by atomic mass is 16.5. The third-order valence-corrected chi connectivity index (χ3v) is 8.47. The third-order valence-electron chi connectivity index (χ3n) is 8.47. The summed E-state index contributed by atoms with van der Waals surface area (Å²) in [7, 11) is 0. The van der Waals surface area contributed by atoms with E-state index in [-0.39, 0.29) is 24.5 Å². The summed E-state index contributed by atoms with van der Waals surface area (Å²) < 4.78 is 12.6. The fraction of sp³-hybridized carbons (Fsp3) is 0.500. The molecule has 4 aliphatic heterocycles. The first-order valence-electron chi connectivity index (χ1n) is 12.5. The molecule has 0 radical (unpaired) electrons. The normalized spacial score (nSPS) is 37.9.